The van der Waals surface area contributed by atoms with Crippen LogP contribution in [0.1, 0.15) is 6.42 Å². The number of pyridine rings is 1. The molecule has 1 amide bonds. The Labute approximate surface area is 181 Å². The van der Waals surface area contributed by atoms with E-state index in [1.54, 1.807) is 24.0 Å². The van der Waals surface area contributed by atoms with Gasteiger partial charge in [-0.05, 0) is 52.7 Å². The van der Waals surface area contributed by atoms with Crippen LogP contribution in [0.25, 0.3) is 0 Å². The molecule has 1 aromatic heterocycles. The molecular weight excluding hydrogens is 450 g/mol. The van der Waals surface area contributed by atoms with Crippen LogP contribution in [0.2, 0.25) is 0 Å². The Kier molecular flexibility index (Phi) is 6.06. The number of hydrogen-bond acceptors (Lipinski definition) is 4. The Bertz CT molecular complexity index is 1050. The normalized spacial score (nSPS) is 12.2. The van der Waals surface area contributed by atoms with Gasteiger partial charge < -0.3 is 14.8 Å². The van der Waals surface area contributed by atoms with Crippen molar-refractivity contribution < 1.29 is 4.79 Å². The van der Waals surface area contributed by atoms with E-state index in [0.717, 1.165) is 17.4 Å². The highest BCUT2D eigenvalue weighted by atomic mass is 79.9. The Balaban J connectivity index is 1.37. The van der Waals surface area contributed by atoms with Crippen molar-refractivity contribution in [3.05, 3.63) is 81.7 Å². The number of hydrogen-bond donors (Lipinski definition) is 1. The highest BCUT2D eigenvalue weighted by Crippen LogP contribution is 2.47. The van der Waals surface area contributed by atoms with E-state index in [9.17, 15) is 9.59 Å². The lowest BCUT2D eigenvalue weighted by Gasteiger charge is -2.32. The number of anilines is 2. The quantitative estimate of drug-likeness (QED) is 0.542. The molecule has 7 heteroatoms. The van der Waals surface area contributed by atoms with Gasteiger partial charge in [0.1, 0.15) is 6.54 Å². The summed E-state index contributed by atoms with van der Waals surface area (Å²) in [6.45, 7) is 1.37. The third kappa shape index (κ3) is 4.57. The minimum Gasteiger partial charge on any atom is -0.354 e. The van der Waals surface area contributed by atoms with Gasteiger partial charge in [-0.2, -0.15) is 0 Å². The molecule has 2 heterocycles. The number of benzene rings is 2. The second-order valence-corrected chi connectivity index (χ2v) is 8.71. The average Bonchev–Trinajstić information content (AvgIpc) is 2.73. The van der Waals surface area contributed by atoms with Crippen molar-refractivity contribution in [2.24, 2.45) is 0 Å². The van der Waals surface area contributed by atoms with Gasteiger partial charge in [-0.3, -0.25) is 9.59 Å². The molecule has 0 fully saturated rings. The lowest BCUT2D eigenvalue weighted by molar-refractivity contribution is -0.121. The zero-order valence-corrected chi connectivity index (χ0v) is 18.1. The Morgan fingerprint density at radius 2 is 1.62 bits per heavy atom. The van der Waals surface area contributed by atoms with Crippen LogP contribution >= 0.6 is 27.7 Å². The van der Waals surface area contributed by atoms with Crippen molar-refractivity contribution >= 4 is 45.0 Å². The smallest absolute Gasteiger partial charge is 0.251 e. The standard InChI is InChI=1S/C22H20BrN3O2S/c23-16-10-11-22(28)25(14-16)15-21(27)24-12-5-13-26-17-6-1-3-8-19(17)29-20-9-4-2-7-18(20)26/h1-4,6-11,14H,5,12-13,15H2,(H,24,27). The highest BCUT2D eigenvalue weighted by molar-refractivity contribution is 9.10. The number of nitrogens with one attached hydrogen (secondary N) is 1. The summed E-state index contributed by atoms with van der Waals surface area (Å²) in [5.74, 6) is -0.166. The first kappa shape index (κ1) is 19.8. The molecule has 0 unspecified atom stereocenters. The van der Waals surface area contributed by atoms with Gasteiger partial charge in [0.15, 0.2) is 0 Å². The topological polar surface area (TPSA) is 54.3 Å². The summed E-state index contributed by atoms with van der Waals surface area (Å²) >= 11 is 5.11. The molecule has 1 N–H and O–H groups in total. The second kappa shape index (κ2) is 8.88. The molecular formula is C22H20BrN3O2S. The fraction of sp³-hybridized carbons (Fsp3) is 0.182. The molecule has 29 heavy (non-hydrogen) atoms. The molecule has 2 aromatic carbocycles. The van der Waals surface area contributed by atoms with Gasteiger partial charge >= 0.3 is 0 Å². The maximum absolute atomic E-state index is 12.2. The zero-order chi connectivity index (χ0) is 20.2. The van der Waals surface area contributed by atoms with Gasteiger partial charge in [-0.25, -0.2) is 0 Å². The molecule has 148 valence electrons. The van der Waals surface area contributed by atoms with Crippen LogP contribution in [-0.2, 0) is 11.3 Å². The Morgan fingerprint density at radius 3 is 2.31 bits per heavy atom. The molecule has 0 radical (unpaired) electrons. The maximum atomic E-state index is 12.2. The molecule has 0 saturated heterocycles. The molecule has 0 spiro atoms. The van der Waals surface area contributed by atoms with E-state index in [4.69, 9.17) is 0 Å². The van der Waals surface area contributed by atoms with E-state index in [1.807, 2.05) is 0 Å². The number of para-hydroxylation sites is 2. The first-order valence-electron chi connectivity index (χ1n) is 9.38. The van der Waals surface area contributed by atoms with E-state index in [2.05, 4.69) is 74.7 Å². The monoisotopic (exact) mass is 469 g/mol. The third-order valence-corrected chi connectivity index (χ3v) is 6.27. The number of amides is 1. The average molecular weight is 470 g/mol. The number of halogens is 1. The van der Waals surface area contributed by atoms with E-state index >= 15 is 0 Å². The third-order valence-electron chi connectivity index (χ3n) is 4.67. The highest BCUT2D eigenvalue weighted by Gasteiger charge is 2.22. The van der Waals surface area contributed by atoms with Crippen LogP contribution in [0.15, 0.2) is 85.9 Å². The minimum atomic E-state index is -0.192. The summed E-state index contributed by atoms with van der Waals surface area (Å²) < 4.78 is 2.17. The van der Waals surface area contributed by atoms with Crippen molar-refractivity contribution in [3.8, 4) is 0 Å². The van der Waals surface area contributed by atoms with Gasteiger partial charge in [0.05, 0.1) is 11.4 Å². The molecule has 5 nitrogen and oxygen atoms in total. The summed E-state index contributed by atoms with van der Waals surface area (Å²) in [7, 11) is 0. The maximum Gasteiger partial charge on any atom is 0.251 e. The molecule has 1 aliphatic heterocycles. The summed E-state index contributed by atoms with van der Waals surface area (Å²) in [4.78, 5) is 28.8. The van der Waals surface area contributed by atoms with Crippen LogP contribution in [0.4, 0.5) is 11.4 Å². The molecule has 4 rings (SSSR count). The van der Waals surface area contributed by atoms with E-state index < -0.39 is 0 Å². The summed E-state index contributed by atoms with van der Waals surface area (Å²) in [6.07, 6.45) is 2.42. The van der Waals surface area contributed by atoms with Crippen LogP contribution in [0, 0.1) is 0 Å². The fourth-order valence-corrected chi connectivity index (χ4v) is 4.80. The predicted molar refractivity (Wildman–Crippen MR) is 120 cm³/mol. The number of nitrogens with zero attached hydrogens (tertiary/aromatic N) is 2. The van der Waals surface area contributed by atoms with Crippen molar-refractivity contribution in [2.75, 3.05) is 18.0 Å². The van der Waals surface area contributed by atoms with Crippen molar-refractivity contribution in [1.82, 2.24) is 9.88 Å². The zero-order valence-electron chi connectivity index (χ0n) is 15.7. The first-order valence-corrected chi connectivity index (χ1v) is 11.0. The summed E-state index contributed by atoms with van der Waals surface area (Å²) in [5.41, 5.74) is 2.20. The van der Waals surface area contributed by atoms with E-state index in [0.29, 0.717) is 6.54 Å². The summed E-state index contributed by atoms with van der Waals surface area (Å²) in [6, 6.07) is 19.9. The second-order valence-electron chi connectivity index (χ2n) is 6.71. The molecule has 1 aliphatic rings. The number of aromatic nitrogens is 1. The molecule has 0 aliphatic carbocycles. The molecule has 0 atom stereocenters. The van der Waals surface area contributed by atoms with Crippen LogP contribution < -0.4 is 15.8 Å². The first-order chi connectivity index (χ1) is 14.1. The van der Waals surface area contributed by atoms with Gasteiger partial charge in [0.25, 0.3) is 5.56 Å². The molecule has 0 bridgehead atoms. The van der Waals surface area contributed by atoms with Gasteiger partial charge in [-0.15, -0.1) is 0 Å². The van der Waals surface area contributed by atoms with Crippen LogP contribution in [0.5, 0.6) is 0 Å². The Morgan fingerprint density at radius 1 is 0.966 bits per heavy atom. The largest absolute Gasteiger partial charge is 0.354 e. The van der Waals surface area contributed by atoms with Crippen molar-refractivity contribution in [2.45, 2.75) is 22.8 Å². The molecule has 3 aromatic rings. The predicted octanol–water partition coefficient (Wildman–Crippen LogP) is 4.42. The summed E-state index contributed by atoms with van der Waals surface area (Å²) in [5, 5.41) is 2.92. The van der Waals surface area contributed by atoms with Crippen molar-refractivity contribution in [1.29, 1.82) is 0 Å². The lowest BCUT2D eigenvalue weighted by atomic mass is 10.2. The van der Waals surface area contributed by atoms with Crippen molar-refractivity contribution in [3.63, 3.8) is 0 Å². The van der Waals surface area contributed by atoms with E-state index in [-0.39, 0.29) is 18.0 Å². The fourth-order valence-electron chi connectivity index (χ4n) is 3.32. The number of fused-ring (bicyclic) bond motifs is 2. The van der Waals surface area contributed by atoms with E-state index in [1.165, 1.54) is 31.8 Å². The van der Waals surface area contributed by atoms with Gasteiger partial charge in [-0.1, -0.05) is 36.0 Å². The minimum absolute atomic E-state index is 0.0181. The lowest BCUT2D eigenvalue weighted by Crippen LogP contribution is -2.33. The number of carbonyl (C=O) groups excluding carboxylic acids is 1. The molecule has 0 saturated carbocycles. The number of carbonyl (C=O) groups is 1. The van der Waals surface area contributed by atoms with Crippen LogP contribution in [0.3, 0.4) is 0 Å². The SMILES string of the molecule is O=C(Cn1cc(Br)ccc1=O)NCCCN1c2ccccc2Sc2ccccc21. The van der Waals surface area contributed by atoms with Gasteiger partial charge in [0.2, 0.25) is 5.91 Å². The van der Waals surface area contributed by atoms with Gasteiger partial charge in [0, 0.05) is 39.6 Å². The number of rotatable bonds is 6. The van der Waals surface area contributed by atoms with Crippen LogP contribution in [-0.4, -0.2) is 23.6 Å². The Hall–Kier alpha value is -2.51.